The van der Waals surface area contributed by atoms with Gasteiger partial charge in [0.2, 0.25) is 0 Å². The lowest BCUT2D eigenvalue weighted by Crippen LogP contribution is -2.55. The molecule has 1 aromatic carbocycles. The minimum absolute atomic E-state index is 0.0000231. The average molecular weight is 273 g/mol. The predicted octanol–water partition coefficient (Wildman–Crippen LogP) is 3.91. The van der Waals surface area contributed by atoms with E-state index in [1.54, 1.807) is 0 Å². The summed E-state index contributed by atoms with van der Waals surface area (Å²) in [5, 5.41) is 11.1. The Balaban J connectivity index is 1.88. The van der Waals surface area contributed by atoms with Crippen molar-refractivity contribution in [2.24, 2.45) is 0 Å². The molecule has 2 heteroatoms. The minimum atomic E-state index is -0.331. The number of hydrogen-bond donors (Lipinski definition) is 1. The molecule has 0 spiro atoms. The molecule has 0 amide bonds. The van der Waals surface area contributed by atoms with Crippen molar-refractivity contribution >= 4 is 0 Å². The molecule has 1 atom stereocenters. The second-order valence-corrected chi connectivity index (χ2v) is 6.53. The van der Waals surface area contributed by atoms with Crippen LogP contribution in [-0.4, -0.2) is 28.6 Å². The largest absolute Gasteiger partial charge is 0.386 e. The van der Waals surface area contributed by atoms with E-state index in [0.29, 0.717) is 0 Å². The molecule has 0 aromatic heterocycles. The zero-order chi connectivity index (χ0) is 13.8. The molecule has 1 saturated carbocycles. The molecule has 1 aliphatic heterocycles. The van der Waals surface area contributed by atoms with Crippen molar-refractivity contribution in [1.29, 1.82) is 0 Å². The van der Waals surface area contributed by atoms with Gasteiger partial charge in [-0.15, -0.1) is 0 Å². The Bertz CT molecular complexity index is 405. The molecule has 2 aliphatic rings. The highest BCUT2D eigenvalue weighted by Gasteiger charge is 2.44. The van der Waals surface area contributed by atoms with Gasteiger partial charge in [-0.05, 0) is 44.3 Å². The van der Waals surface area contributed by atoms with Crippen molar-refractivity contribution in [2.45, 2.75) is 63.0 Å². The van der Waals surface area contributed by atoms with Gasteiger partial charge in [-0.1, -0.05) is 56.0 Å². The van der Waals surface area contributed by atoms with Crippen LogP contribution in [0.2, 0.25) is 0 Å². The maximum absolute atomic E-state index is 11.1. The molecule has 1 saturated heterocycles. The van der Waals surface area contributed by atoms with Gasteiger partial charge in [0, 0.05) is 0 Å². The standard InChI is InChI=1S/C18H27NO/c20-17(16-10-4-1-5-11-16)18(12-6-2-7-13-18)19-14-8-3-9-15-19/h1,4-5,10-11,17,20H,2-3,6-9,12-15H2/t17-/m0/s1. The molecule has 0 radical (unpaired) electrons. The zero-order valence-corrected chi connectivity index (χ0v) is 12.4. The molecule has 20 heavy (non-hydrogen) atoms. The zero-order valence-electron chi connectivity index (χ0n) is 12.4. The van der Waals surface area contributed by atoms with Crippen molar-refractivity contribution in [3.63, 3.8) is 0 Å². The molecule has 1 aromatic rings. The molecule has 0 unspecified atom stereocenters. The number of hydrogen-bond acceptors (Lipinski definition) is 2. The number of aliphatic hydroxyl groups is 1. The average Bonchev–Trinajstić information content (AvgIpc) is 2.56. The first-order chi connectivity index (χ1) is 9.83. The lowest BCUT2D eigenvalue weighted by Gasteiger charge is -2.51. The highest BCUT2D eigenvalue weighted by Crippen LogP contribution is 2.44. The molecule has 2 fully saturated rings. The van der Waals surface area contributed by atoms with Gasteiger partial charge in [0.05, 0.1) is 11.6 Å². The van der Waals surface area contributed by atoms with Crippen molar-refractivity contribution in [2.75, 3.05) is 13.1 Å². The van der Waals surface area contributed by atoms with E-state index in [1.165, 1.54) is 51.6 Å². The molecule has 1 N–H and O–H groups in total. The summed E-state index contributed by atoms with van der Waals surface area (Å²) in [6.07, 6.45) is 9.78. The van der Waals surface area contributed by atoms with E-state index in [1.807, 2.05) is 18.2 Å². The van der Waals surface area contributed by atoms with E-state index in [4.69, 9.17) is 0 Å². The fraction of sp³-hybridized carbons (Fsp3) is 0.667. The maximum Gasteiger partial charge on any atom is 0.0973 e. The summed E-state index contributed by atoms with van der Waals surface area (Å²) >= 11 is 0. The van der Waals surface area contributed by atoms with E-state index in [-0.39, 0.29) is 11.6 Å². The third-order valence-electron chi connectivity index (χ3n) is 5.33. The fourth-order valence-corrected chi connectivity index (χ4v) is 4.21. The van der Waals surface area contributed by atoms with Crippen molar-refractivity contribution in [3.05, 3.63) is 35.9 Å². The van der Waals surface area contributed by atoms with Gasteiger partial charge in [0.1, 0.15) is 0 Å². The molecule has 110 valence electrons. The Morgan fingerprint density at radius 1 is 0.850 bits per heavy atom. The molecule has 1 heterocycles. The second kappa shape index (κ2) is 6.28. The summed E-state index contributed by atoms with van der Waals surface area (Å²) in [5.74, 6) is 0. The Kier molecular flexibility index (Phi) is 4.42. The summed E-state index contributed by atoms with van der Waals surface area (Å²) in [6.45, 7) is 2.34. The number of nitrogens with zero attached hydrogens (tertiary/aromatic N) is 1. The van der Waals surface area contributed by atoms with Crippen LogP contribution in [0.15, 0.2) is 30.3 Å². The smallest absolute Gasteiger partial charge is 0.0973 e. The maximum atomic E-state index is 11.1. The van der Waals surface area contributed by atoms with Gasteiger partial charge < -0.3 is 5.11 Å². The van der Waals surface area contributed by atoms with Crippen LogP contribution in [-0.2, 0) is 0 Å². The van der Waals surface area contributed by atoms with Crippen LogP contribution in [0.25, 0.3) is 0 Å². The van der Waals surface area contributed by atoms with Crippen LogP contribution < -0.4 is 0 Å². The van der Waals surface area contributed by atoms with E-state index in [0.717, 1.165) is 18.4 Å². The van der Waals surface area contributed by atoms with Gasteiger partial charge in [0.15, 0.2) is 0 Å². The van der Waals surface area contributed by atoms with Crippen molar-refractivity contribution in [1.82, 2.24) is 4.90 Å². The third kappa shape index (κ3) is 2.64. The molecule has 1 aliphatic carbocycles. The van der Waals surface area contributed by atoms with Crippen LogP contribution in [0.5, 0.6) is 0 Å². The Hall–Kier alpha value is -0.860. The summed E-state index contributed by atoms with van der Waals surface area (Å²) in [5.41, 5.74) is 1.10. The number of rotatable bonds is 3. The van der Waals surface area contributed by atoms with Gasteiger partial charge in [-0.25, -0.2) is 0 Å². The molecule has 2 nitrogen and oxygen atoms in total. The second-order valence-electron chi connectivity index (χ2n) is 6.53. The molecular formula is C18H27NO. The van der Waals surface area contributed by atoms with E-state index in [2.05, 4.69) is 17.0 Å². The summed E-state index contributed by atoms with van der Waals surface area (Å²) in [6, 6.07) is 10.3. The normalized spacial score (nSPS) is 25.2. The van der Waals surface area contributed by atoms with Gasteiger partial charge >= 0.3 is 0 Å². The quantitative estimate of drug-likeness (QED) is 0.902. The fourth-order valence-electron chi connectivity index (χ4n) is 4.21. The van der Waals surface area contributed by atoms with Crippen LogP contribution in [0.4, 0.5) is 0 Å². The number of likely N-dealkylation sites (tertiary alicyclic amines) is 1. The van der Waals surface area contributed by atoms with Gasteiger partial charge in [0.25, 0.3) is 0 Å². The molecule has 0 bridgehead atoms. The predicted molar refractivity (Wildman–Crippen MR) is 82.6 cm³/mol. The number of benzene rings is 1. The highest BCUT2D eigenvalue weighted by atomic mass is 16.3. The lowest BCUT2D eigenvalue weighted by molar-refractivity contribution is -0.0660. The topological polar surface area (TPSA) is 23.5 Å². The van der Waals surface area contributed by atoms with E-state index >= 15 is 0 Å². The van der Waals surface area contributed by atoms with Gasteiger partial charge in [-0.2, -0.15) is 0 Å². The first-order valence-electron chi connectivity index (χ1n) is 8.31. The van der Waals surface area contributed by atoms with Crippen LogP contribution in [0.1, 0.15) is 63.0 Å². The van der Waals surface area contributed by atoms with Crippen LogP contribution in [0.3, 0.4) is 0 Å². The number of aliphatic hydroxyl groups excluding tert-OH is 1. The first-order valence-corrected chi connectivity index (χ1v) is 8.31. The Morgan fingerprint density at radius 3 is 2.10 bits per heavy atom. The monoisotopic (exact) mass is 273 g/mol. The molecule has 3 rings (SSSR count). The van der Waals surface area contributed by atoms with Crippen molar-refractivity contribution in [3.8, 4) is 0 Å². The van der Waals surface area contributed by atoms with Crippen LogP contribution in [0, 0.1) is 0 Å². The van der Waals surface area contributed by atoms with E-state index < -0.39 is 0 Å². The number of piperidine rings is 1. The summed E-state index contributed by atoms with van der Waals surface area (Å²) in [4.78, 5) is 2.62. The molecular weight excluding hydrogens is 246 g/mol. The SMILES string of the molecule is O[C@@H](c1ccccc1)C1(N2CCCCC2)CCCCC1. The Labute approximate surface area is 122 Å². The third-order valence-corrected chi connectivity index (χ3v) is 5.33. The summed E-state index contributed by atoms with van der Waals surface area (Å²) < 4.78 is 0. The Morgan fingerprint density at radius 2 is 1.45 bits per heavy atom. The van der Waals surface area contributed by atoms with E-state index in [9.17, 15) is 5.11 Å². The summed E-state index contributed by atoms with van der Waals surface area (Å²) in [7, 11) is 0. The van der Waals surface area contributed by atoms with Gasteiger partial charge in [-0.3, -0.25) is 4.90 Å². The van der Waals surface area contributed by atoms with Crippen molar-refractivity contribution < 1.29 is 5.11 Å². The van der Waals surface area contributed by atoms with Crippen LogP contribution >= 0.6 is 0 Å². The first kappa shape index (κ1) is 14.1. The lowest BCUT2D eigenvalue weighted by atomic mass is 9.73. The highest BCUT2D eigenvalue weighted by molar-refractivity contribution is 5.22. The minimum Gasteiger partial charge on any atom is -0.386 e.